The second-order valence-corrected chi connectivity index (χ2v) is 4.98. The van der Waals surface area contributed by atoms with Gasteiger partial charge in [-0.25, -0.2) is 0 Å². The van der Waals surface area contributed by atoms with Gasteiger partial charge in [-0.1, -0.05) is 11.3 Å². The normalized spacial score (nSPS) is 10.2. The molecule has 0 unspecified atom stereocenters. The molecule has 0 radical (unpaired) electrons. The van der Waals surface area contributed by atoms with Gasteiger partial charge in [0, 0.05) is 23.6 Å². The Labute approximate surface area is 120 Å². The van der Waals surface area contributed by atoms with Gasteiger partial charge in [-0.3, -0.25) is 4.98 Å². The van der Waals surface area contributed by atoms with E-state index in [4.69, 9.17) is 4.74 Å². The molecule has 3 aromatic rings. The molecule has 100 valence electrons. The molecule has 0 amide bonds. The zero-order valence-corrected chi connectivity index (χ0v) is 11.6. The monoisotopic (exact) mass is 284 g/mol. The molecule has 0 aliphatic heterocycles. The summed E-state index contributed by atoms with van der Waals surface area (Å²) < 4.78 is 5.12. The van der Waals surface area contributed by atoms with Crippen LogP contribution in [0, 0.1) is 0 Å². The number of ether oxygens (including phenoxy) is 1. The van der Waals surface area contributed by atoms with Gasteiger partial charge in [0.1, 0.15) is 10.8 Å². The van der Waals surface area contributed by atoms with Gasteiger partial charge in [0.2, 0.25) is 5.13 Å². The lowest BCUT2D eigenvalue weighted by molar-refractivity contribution is 0.415. The topological polar surface area (TPSA) is 59.9 Å². The summed E-state index contributed by atoms with van der Waals surface area (Å²) >= 11 is 1.50. The molecular weight excluding hydrogens is 272 g/mol. The molecule has 1 aromatic carbocycles. The summed E-state index contributed by atoms with van der Waals surface area (Å²) in [5.74, 6) is 0.824. The van der Waals surface area contributed by atoms with Crippen molar-refractivity contribution >= 4 is 22.2 Å². The van der Waals surface area contributed by atoms with Gasteiger partial charge in [-0.15, -0.1) is 10.2 Å². The summed E-state index contributed by atoms with van der Waals surface area (Å²) in [6.07, 6.45) is 3.49. The van der Waals surface area contributed by atoms with E-state index in [0.29, 0.717) is 0 Å². The van der Waals surface area contributed by atoms with Crippen LogP contribution in [0.4, 0.5) is 10.8 Å². The Hall–Kier alpha value is -2.47. The predicted octanol–water partition coefficient (Wildman–Crippen LogP) is 3.35. The minimum absolute atomic E-state index is 0.752. The second kappa shape index (κ2) is 5.66. The Morgan fingerprint density at radius 3 is 2.45 bits per heavy atom. The number of pyridine rings is 1. The summed E-state index contributed by atoms with van der Waals surface area (Å²) in [6.45, 7) is 0. The van der Waals surface area contributed by atoms with E-state index in [1.807, 2.05) is 36.4 Å². The molecule has 0 spiro atoms. The molecule has 5 nitrogen and oxygen atoms in total. The van der Waals surface area contributed by atoms with Crippen molar-refractivity contribution in [2.45, 2.75) is 0 Å². The average molecular weight is 284 g/mol. The van der Waals surface area contributed by atoms with Crippen molar-refractivity contribution < 1.29 is 4.74 Å². The molecule has 20 heavy (non-hydrogen) atoms. The molecule has 2 heterocycles. The lowest BCUT2D eigenvalue weighted by Crippen LogP contribution is -1.89. The number of benzene rings is 1. The smallest absolute Gasteiger partial charge is 0.210 e. The first-order chi connectivity index (χ1) is 9.85. The van der Waals surface area contributed by atoms with Gasteiger partial charge in [0.05, 0.1) is 7.11 Å². The molecule has 6 heteroatoms. The van der Waals surface area contributed by atoms with Crippen molar-refractivity contribution in [1.29, 1.82) is 0 Å². The van der Waals surface area contributed by atoms with Crippen LogP contribution in [0.15, 0.2) is 48.8 Å². The number of methoxy groups -OCH3 is 1. The fourth-order valence-electron chi connectivity index (χ4n) is 1.68. The van der Waals surface area contributed by atoms with E-state index in [9.17, 15) is 0 Å². The molecule has 0 aliphatic carbocycles. The highest BCUT2D eigenvalue weighted by Gasteiger charge is 2.06. The van der Waals surface area contributed by atoms with Crippen LogP contribution in [0.3, 0.4) is 0 Å². The number of aromatic nitrogens is 3. The number of anilines is 2. The lowest BCUT2D eigenvalue weighted by atomic mass is 10.3. The van der Waals surface area contributed by atoms with Crippen LogP contribution in [0.2, 0.25) is 0 Å². The maximum absolute atomic E-state index is 5.12. The number of nitrogens with one attached hydrogen (secondary N) is 1. The Morgan fingerprint density at radius 1 is 1.00 bits per heavy atom. The first kappa shape index (κ1) is 12.6. The fraction of sp³-hybridized carbons (Fsp3) is 0.0714. The number of nitrogens with zero attached hydrogens (tertiary/aromatic N) is 3. The van der Waals surface area contributed by atoms with Gasteiger partial charge in [-0.05, 0) is 36.4 Å². The molecule has 2 aromatic heterocycles. The second-order valence-electron chi connectivity index (χ2n) is 4.00. The van der Waals surface area contributed by atoms with Crippen molar-refractivity contribution in [3.8, 4) is 16.3 Å². The van der Waals surface area contributed by atoms with Gasteiger partial charge in [0.25, 0.3) is 0 Å². The van der Waals surface area contributed by atoms with Crippen molar-refractivity contribution in [2.24, 2.45) is 0 Å². The maximum Gasteiger partial charge on any atom is 0.210 e. The van der Waals surface area contributed by atoms with Crippen LogP contribution in [0.5, 0.6) is 5.75 Å². The Morgan fingerprint density at radius 2 is 1.75 bits per heavy atom. The van der Waals surface area contributed by atoms with Crippen LogP contribution in [0.1, 0.15) is 0 Å². The van der Waals surface area contributed by atoms with Gasteiger partial charge in [-0.2, -0.15) is 0 Å². The standard InChI is InChI=1S/C14H12N4OS/c1-19-12-4-2-11(3-5-12)16-14-18-17-13(20-14)10-6-8-15-9-7-10/h2-9H,1H3,(H,16,18). The number of hydrogen-bond donors (Lipinski definition) is 1. The van der Waals surface area contributed by atoms with Crippen LogP contribution in [-0.2, 0) is 0 Å². The third-order valence-corrected chi connectivity index (χ3v) is 3.58. The SMILES string of the molecule is COc1ccc(Nc2nnc(-c3ccncc3)s2)cc1. The largest absolute Gasteiger partial charge is 0.497 e. The molecule has 0 bridgehead atoms. The average Bonchev–Trinajstić information content (AvgIpc) is 2.97. The molecule has 0 aliphatic rings. The Balaban J connectivity index is 1.77. The molecule has 1 N–H and O–H groups in total. The summed E-state index contributed by atoms with van der Waals surface area (Å²) in [5.41, 5.74) is 1.96. The number of hydrogen-bond acceptors (Lipinski definition) is 6. The summed E-state index contributed by atoms with van der Waals surface area (Å²) in [7, 11) is 1.65. The van der Waals surface area contributed by atoms with E-state index < -0.39 is 0 Å². The van der Waals surface area contributed by atoms with E-state index in [-0.39, 0.29) is 0 Å². The van der Waals surface area contributed by atoms with Crippen molar-refractivity contribution in [3.63, 3.8) is 0 Å². The van der Waals surface area contributed by atoms with E-state index in [1.54, 1.807) is 19.5 Å². The lowest BCUT2D eigenvalue weighted by Gasteiger charge is -2.03. The highest BCUT2D eigenvalue weighted by Crippen LogP contribution is 2.28. The van der Waals surface area contributed by atoms with Crippen LogP contribution >= 0.6 is 11.3 Å². The quantitative estimate of drug-likeness (QED) is 0.796. The highest BCUT2D eigenvalue weighted by atomic mass is 32.1. The van der Waals surface area contributed by atoms with Crippen molar-refractivity contribution in [1.82, 2.24) is 15.2 Å². The van der Waals surface area contributed by atoms with Crippen LogP contribution < -0.4 is 10.1 Å². The molecule has 0 fully saturated rings. The molecule has 0 atom stereocenters. The molecule has 0 saturated heterocycles. The van der Waals surface area contributed by atoms with Crippen LogP contribution in [-0.4, -0.2) is 22.3 Å². The third kappa shape index (κ3) is 2.75. The minimum atomic E-state index is 0.752. The first-order valence-corrected chi connectivity index (χ1v) is 6.82. The highest BCUT2D eigenvalue weighted by molar-refractivity contribution is 7.18. The number of rotatable bonds is 4. The van der Waals surface area contributed by atoms with Gasteiger partial charge >= 0.3 is 0 Å². The van der Waals surface area contributed by atoms with Gasteiger partial charge in [0.15, 0.2) is 0 Å². The molecule has 0 saturated carbocycles. The summed E-state index contributed by atoms with van der Waals surface area (Å²) in [5, 5.41) is 13.1. The van der Waals surface area contributed by atoms with E-state index in [2.05, 4.69) is 20.5 Å². The van der Waals surface area contributed by atoms with E-state index in [0.717, 1.165) is 27.1 Å². The van der Waals surface area contributed by atoms with E-state index >= 15 is 0 Å². The molecular formula is C14H12N4OS. The zero-order chi connectivity index (χ0) is 13.8. The first-order valence-electron chi connectivity index (χ1n) is 6.00. The Kier molecular flexibility index (Phi) is 3.56. The predicted molar refractivity (Wildman–Crippen MR) is 79.4 cm³/mol. The fourth-order valence-corrected chi connectivity index (χ4v) is 2.45. The minimum Gasteiger partial charge on any atom is -0.497 e. The summed E-state index contributed by atoms with van der Waals surface area (Å²) in [4.78, 5) is 3.99. The molecule has 3 rings (SSSR count). The zero-order valence-electron chi connectivity index (χ0n) is 10.8. The van der Waals surface area contributed by atoms with Crippen molar-refractivity contribution in [2.75, 3.05) is 12.4 Å². The van der Waals surface area contributed by atoms with Gasteiger partial charge < -0.3 is 10.1 Å². The van der Waals surface area contributed by atoms with Crippen LogP contribution in [0.25, 0.3) is 10.6 Å². The van der Waals surface area contributed by atoms with Crippen molar-refractivity contribution in [3.05, 3.63) is 48.8 Å². The third-order valence-electron chi connectivity index (χ3n) is 2.69. The summed E-state index contributed by atoms with van der Waals surface area (Å²) in [6, 6.07) is 11.5. The maximum atomic E-state index is 5.12. The Bertz CT molecular complexity index is 682. The van der Waals surface area contributed by atoms with E-state index in [1.165, 1.54) is 11.3 Å².